The van der Waals surface area contributed by atoms with Crippen LogP contribution in [0.2, 0.25) is 5.02 Å². The SMILES string of the molecule is CN1CCCCC1CCOc1cccc(Cl)c1C(=O)O. The van der Waals surface area contributed by atoms with Gasteiger partial charge >= 0.3 is 5.97 Å². The molecule has 1 heterocycles. The van der Waals surface area contributed by atoms with Gasteiger partial charge in [0.1, 0.15) is 11.3 Å². The Morgan fingerprint density at radius 1 is 1.50 bits per heavy atom. The normalized spacial score (nSPS) is 19.8. The molecule has 1 atom stereocenters. The molecule has 1 saturated heterocycles. The first kappa shape index (κ1) is 15.1. The lowest BCUT2D eigenvalue weighted by atomic mass is 10.0. The van der Waals surface area contributed by atoms with Crippen LogP contribution in [0.15, 0.2) is 18.2 Å². The quantitative estimate of drug-likeness (QED) is 0.906. The standard InChI is InChI=1S/C15H20ClNO3/c1-17-9-3-2-5-11(17)8-10-20-13-7-4-6-12(16)14(13)15(18)19/h4,6-7,11H,2-3,5,8-10H2,1H3,(H,18,19). The van der Waals surface area contributed by atoms with Crippen molar-refractivity contribution in [2.75, 3.05) is 20.2 Å². The molecule has 1 aliphatic heterocycles. The Bertz CT molecular complexity index is 478. The summed E-state index contributed by atoms with van der Waals surface area (Å²) in [5.74, 6) is -0.705. The molecular weight excluding hydrogens is 278 g/mol. The highest BCUT2D eigenvalue weighted by molar-refractivity contribution is 6.33. The zero-order valence-corrected chi connectivity index (χ0v) is 12.4. The molecule has 0 aromatic heterocycles. The van der Waals surface area contributed by atoms with Gasteiger partial charge in [-0.3, -0.25) is 0 Å². The summed E-state index contributed by atoms with van der Waals surface area (Å²) in [6.07, 6.45) is 4.60. The highest BCUT2D eigenvalue weighted by Gasteiger charge is 2.20. The molecule has 0 aliphatic carbocycles. The number of likely N-dealkylation sites (tertiary alicyclic amines) is 1. The molecule has 0 spiro atoms. The van der Waals surface area contributed by atoms with Gasteiger partial charge in [0.25, 0.3) is 0 Å². The lowest BCUT2D eigenvalue weighted by molar-refractivity contribution is 0.0691. The predicted molar refractivity (Wildman–Crippen MR) is 78.8 cm³/mol. The second kappa shape index (κ2) is 6.95. The van der Waals surface area contributed by atoms with Gasteiger partial charge in [-0.25, -0.2) is 4.79 Å². The summed E-state index contributed by atoms with van der Waals surface area (Å²) < 4.78 is 5.64. The third-order valence-electron chi connectivity index (χ3n) is 3.82. The Labute approximate surface area is 124 Å². The molecule has 5 heteroatoms. The van der Waals surface area contributed by atoms with Gasteiger partial charge in [0.05, 0.1) is 11.6 Å². The van der Waals surface area contributed by atoms with Crippen LogP contribution < -0.4 is 4.74 Å². The molecule has 1 aromatic carbocycles. The van der Waals surface area contributed by atoms with E-state index >= 15 is 0 Å². The fourth-order valence-corrected chi connectivity index (χ4v) is 2.89. The van der Waals surface area contributed by atoms with E-state index < -0.39 is 5.97 Å². The van der Waals surface area contributed by atoms with Crippen LogP contribution in [-0.4, -0.2) is 42.2 Å². The number of carbonyl (C=O) groups is 1. The minimum atomic E-state index is -1.06. The molecule has 1 aromatic rings. The molecule has 4 nitrogen and oxygen atoms in total. The Kier molecular flexibility index (Phi) is 5.26. The number of hydrogen-bond donors (Lipinski definition) is 1. The second-order valence-corrected chi connectivity index (χ2v) is 5.59. The van der Waals surface area contributed by atoms with Gasteiger partial charge in [0.2, 0.25) is 0 Å². The van der Waals surface area contributed by atoms with Crippen LogP contribution in [0.3, 0.4) is 0 Å². The average Bonchev–Trinajstić information content (AvgIpc) is 2.40. The summed E-state index contributed by atoms with van der Waals surface area (Å²) in [5, 5.41) is 9.38. The van der Waals surface area contributed by atoms with E-state index in [0.717, 1.165) is 13.0 Å². The van der Waals surface area contributed by atoms with Crippen LogP contribution in [0.1, 0.15) is 36.0 Å². The van der Waals surface area contributed by atoms with Crippen LogP contribution in [-0.2, 0) is 0 Å². The summed E-state index contributed by atoms with van der Waals surface area (Å²) in [6.45, 7) is 1.64. The topological polar surface area (TPSA) is 49.8 Å². The van der Waals surface area contributed by atoms with Crippen molar-refractivity contribution >= 4 is 17.6 Å². The maximum atomic E-state index is 11.2. The molecule has 1 fully saturated rings. The van der Waals surface area contributed by atoms with Crippen molar-refractivity contribution in [1.29, 1.82) is 0 Å². The van der Waals surface area contributed by atoms with Crippen LogP contribution >= 0.6 is 11.6 Å². The molecule has 2 rings (SSSR count). The second-order valence-electron chi connectivity index (χ2n) is 5.19. The minimum absolute atomic E-state index is 0.0474. The zero-order chi connectivity index (χ0) is 14.5. The first-order valence-corrected chi connectivity index (χ1v) is 7.32. The van der Waals surface area contributed by atoms with Crippen molar-refractivity contribution in [3.8, 4) is 5.75 Å². The first-order valence-electron chi connectivity index (χ1n) is 6.94. The summed E-state index contributed by atoms with van der Waals surface area (Å²) in [5.41, 5.74) is 0.0474. The van der Waals surface area contributed by atoms with Crippen molar-refractivity contribution < 1.29 is 14.6 Å². The van der Waals surface area contributed by atoms with Crippen molar-refractivity contribution in [2.24, 2.45) is 0 Å². The summed E-state index contributed by atoms with van der Waals surface area (Å²) >= 11 is 5.91. The largest absolute Gasteiger partial charge is 0.493 e. The third kappa shape index (κ3) is 3.64. The molecule has 20 heavy (non-hydrogen) atoms. The monoisotopic (exact) mass is 297 g/mol. The van der Waals surface area contributed by atoms with Crippen molar-refractivity contribution in [2.45, 2.75) is 31.7 Å². The molecule has 0 amide bonds. The first-order chi connectivity index (χ1) is 9.59. The Morgan fingerprint density at radius 2 is 2.30 bits per heavy atom. The molecule has 1 N–H and O–H groups in total. The van der Waals surface area contributed by atoms with Gasteiger partial charge in [-0.15, -0.1) is 0 Å². The summed E-state index contributed by atoms with van der Waals surface area (Å²) in [7, 11) is 2.13. The number of hydrogen-bond acceptors (Lipinski definition) is 3. The number of rotatable bonds is 5. The molecule has 1 unspecified atom stereocenters. The number of carboxylic acid groups (broad SMARTS) is 1. The van der Waals surface area contributed by atoms with E-state index in [4.69, 9.17) is 21.4 Å². The molecule has 0 bridgehead atoms. The van der Waals surface area contributed by atoms with E-state index in [1.165, 1.54) is 19.3 Å². The number of carboxylic acids is 1. The fourth-order valence-electron chi connectivity index (χ4n) is 2.65. The third-order valence-corrected chi connectivity index (χ3v) is 4.13. The average molecular weight is 298 g/mol. The minimum Gasteiger partial charge on any atom is -0.493 e. The van der Waals surface area contributed by atoms with E-state index in [0.29, 0.717) is 18.4 Å². The van der Waals surface area contributed by atoms with Crippen LogP contribution in [0.5, 0.6) is 5.75 Å². The fraction of sp³-hybridized carbons (Fsp3) is 0.533. The van der Waals surface area contributed by atoms with Gasteiger partial charge in [-0.2, -0.15) is 0 Å². The summed E-state index contributed by atoms with van der Waals surface area (Å²) in [4.78, 5) is 13.5. The van der Waals surface area contributed by atoms with Gasteiger partial charge in [-0.05, 0) is 45.0 Å². The van der Waals surface area contributed by atoms with E-state index in [2.05, 4.69) is 11.9 Å². The van der Waals surface area contributed by atoms with Gasteiger partial charge in [0.15, 0.2) is 0 Å². The molecule has 0 radical (unpaired) electrons. The molecule has 0 saturated carbocycles. The van der Waals surface area contributed by atoms with Gasteiger partial charge in [-0.1, -0.05) is 24.1 Å². The van der Waals surface area contributed by atoms with Crippen LogP contribution in [0.4, 0.5) is 0 Å². The van der Waals surface area contributed by atoms with Crippen LogP contribution in [0, 0.1) is 0 Å². The Morgan fingerprint density at radius 3 is 3.00 bits per heavy atom. The Balaban J connectivity index is 1.94. The molecular formula is C15H20ClNO3. The number of benzene rings is 1. The van der Waals surface area contributed by atoms with Gasteiger partial charge in [0, 0.05) is 6.04 Å². The highest BCUT2D eigenvalue weighted by Crippen LogP contribution is 2.27. The lowest BCUT2D eigenvalue weighted by Crippen LogP contribution is -2.37. The number of aromatic carboxylic acids is 1. The Hall–Kier alpha value is -1.26. The lowest BCUT2D eigenvalue weighted by Gasteiger charge is -2.32. The van der Waals surface area contributed by atoms with Crippen molar-refractivity contribution in [3.63, 3.8) is 0 Å². The zero-order valence-electron chi connectivity index (χ0n) is 11.6. The van der Waals surface area contributed by atoms with Crippen molar-refractivity contribution in [3.05, 3.63) is 28.8 Å². The molecule has 110 valence electrons. The number of ether oxygens (including phenoxy) is 1. The summed E-state index contributed by atoms with van der Waals surface area (Å²) in [6, 6.07) is 5.44. The highest BCUT2D eigenvalue weighted by atomic mass is 35.5. The number of halogens is 1. The number of piperidine rings is 1. The van der Waals surface area contributed by atoms with Crippen LogP contribution in [0.25, 0.3) is 0 Å². The number of nitrogens with zero attached hydrogens (tertiary/aromatic N) is 1. The predicted octanol–water partition coefficient (Wildman–Crippen LogP) is 3.29. The maximum absolute atomic E-state index is 11.2. The maximum Gasteiger partial charge on any atom is 0.341 e. The van der Waals surface area contributed by atoms with E-state index in [-0.39, 0.29) is 10.6 Å². The van der Waals surface area contributed by atoms with E-state index in [9.17, 15) is 4.79 Å². The van der Waals surface area contributed by atoms with E-state index in [1.807, 2.05) is 0 Å². The van der Waals surface area contributed by atoms with Gasteiger partial charge < -0.3 is 14.7 Å². The van der Waals surface area contributed by atoms with E-state index in [1.54, 1.807) is 18.2 Å². The smallest absolute Gasteiger partial charge is 0.341 e. The molecule has 1 aliphatic rings. The van der Waals surface area contributed by atoms with Crippen molar-refractivity contribution in [1.82, 2.24) is 4.90 Å².